The van der Waals surface area contributed by atoms with Crippen LogP contribution in [0.5, 0.6) is 0 Å². The van der Waals surface area contributed by atoms with Crippen LogP contribution in [0, 0.1) is 12.8 Å². The number of nitrogens with zero attached hydrogens (tertiary/aromatic N) is 1. The second kappa shape index (κ2) is 4.44. The molecule has 4 heteroatoms. The van der Waals surface area contributed by atoms with Crippen molar-refractivity contribution in [1.29, 1.82) is 0 Å². The SMILES string of the molecule is Cc1cc(Cl)ccc1N1CC(CN)CC1=O. The fourth-order valence-corrected chi connectivity index (χ4v) is 2.32. The van der Waals surface area contributed by atoms with E-state index in [0.29, 0.717) is 18.0 Å². The topological polar surface area (TPSA) is 46.3 Å². The quantitative estimate of drug-likeness (QED) is 0.856. The van der Waals surface area contributed by atoms with E-state index in [2.05, 4.69) is 0 Å². The van der Waals surface area contributed by atoms with Gasteiger partial charge >= 0.3 is 0 Å². The molecule has 1 amide bonds. The molecule has 1 saturated heterocycles. The Bertz CT molecular complexity index is 419. The van der Waals surface area contributed by atoms with Crippen LogP contribution >= 0.6 is 11.6 Å². The third kappa shape index (κ3) is 2.06. The summed E-state index contributed by atoms with van der Waals surface area (Å²) in [6, 6.07) is 5.58. The summed E-state index contributed by atoms with van der Waals surface area (Å²) in [5.41, 5.74) is 7.57. The van der Waals surface area contributed by atoms with Crippen molar-refractivity contribution in [3.63, 3.8) is 0 Å². The molecule has 1 aliphatic rings. The maximum absolute atomic E-state index is 11.8. The van der Waals surface area contributed by atoms with Gasteiger partial charge in [0.2, 0.25) is 5.91 Å². The second-order valence-electron chi connectivity index (χ2n) is 4.24. The Morgan fingerprint density at radius 3 is 2.88 bits per heavy atom. The molecule has 1 aromatic carbocycles. The molecule has 86 valence electrons. The number of rotatable bonds is 2. The standard InChI is InChI=1S/C12H15ClN2O/c1-8-4-10(13)2-3-11(8)15-7-9(6-14)5-12(15)16/h2-4,9H,5-7,14H2,1H3. The number of carbonyl (C=O) groups is 1. The normalized spacial score (nSPS) is 20.6. The zero-order valence-corrected chi connectivity index (χ0v) is 10.00. The minimum atomic E-state index is 0.154. The van der Waals surface area contributed by atoms with Crippen LogP contribution in [0.3, 0.4) is 0 Å². The molecule has 16 heavy (non-hydrogen) atoms. The lowest BCUT2D eigenvalue weighted by atomic mass is 10.1. The van der Waals surface area contributed by atoms with Crippen molar-refractivity contribution in [3.8, 4) is 0 Å². The van der Waals surface area contributed by atoms with Crippen LogP contribution in [-0.4, -0.2) is 19.0 Å². The number of amides is 1. The average Bonchev–Trinajstić information content (AvgIpc) is 2.60. The van der Waals surface area contributed by atoms with E-state index in [4.69, 9.17) is 17.3 Å². The van der Waals surface area contributed by atoms with E-state index in [9.17, 15) is 4.79 Å². The molecule has 3 nitrogen and oxygen atoms in total. The molecular formula is C12H15ClN2O. The number of hydrogen-bond donors (Lipinski definition) is 1. The van der Waals surface area contributed by atoms with Crippen LogP contribution in [0.15, 0.2) is 18.2 Å². The minimum absolute atomic E-state index is 0.154. The van der Waals surface area contributed by atoms with E-state index in [1.165, 1.54) is 0 Å². The smallest absolute Gasteiger partial charge is 0.227 e. The van der Waals surface area contributed by atoms with Crippen molar-refractivity contribution >= 4 is 23.2 Å². The number of benzene rings is 1. The zero-order valence-electron chi connectivity index (χ0n) is 9.24. The van der Waals surface area contributed by atoms with Crippen LogP contribution in [0.1, 0.15) is 12.0 Å². The van der Waals surface area contributed by atoms with Gasteiger partial charge in [0.05, 0.1) is 0 Å². The average molecular weight is 239 g/mol. The molecule has 0 saturated carbocycles. The van der Waals surface area contributed by atoms with Gasteiger partial charge in [0.1, 0.15) is 0 Å². The van der Waals surface area contributed by atoms with Crippen LogP contribution < -0.4 is 10.6 Å². The second-order valence-corrected chi connectivity index (χ2v) is 4.68. The van der Waals surface area contributed by atoms with Crippen molar-refractivity contribution in [3.05, 3.63) is 28.8 Å². The summed E-state index contributed by atoms with van der Waals surface area (Å²) in [4.78, 5) is 13.6. The molecule has 0 spiro atoms. The Morgan fingerprint density at radius 2 is 2.31 bits per heavy atom. The highest BCUT2D eigenvalue weighted by atomic mass is 35.5. The Labute approximate surface area is 100 Å². The summed E-state index contributed by atoms with van der Waals surface area (Å²) < 4.78 is 0. The van der Waals surface area contributed by atoms with E-state index >= 15 is 0 Å². The van der Waals surface area contributed by atoms with Crippen LogP contribution in [0.2, 0.25) is 5.02 Å². The van der Waals surface area contributed by atoms with Gasteiger partial charge in [-0.15, -0.1) is 0 Å². The molecule has 0 aromatic heterocycles. The maximum atomic E-state index is 11.8. The summed E-state index contributed by atoms with van der Waals surface area (Å²) >= 11 is 5.89. The van der Waals surface area contributed by atoms with Gasteiger partial charge < -0.3 is 10.6 Å². The molecule has 1 aromatic rings. The number of carbonyl (C=O) groups excluding carboxylic acids is 1. The van der Waals surface area contributed by atoms with E-state index in [1.807, 2.05) is 30.0 Å². The lowest BCUT2D eigenvalue weighted by Crippen LogP contribution is -2.26. The Balaban J connectivity index is 2.28. The minimum Gasteiger partial charge on any atom is -0.330 e. The molecule has 1 aliphatic heterocycles. The first-order valence-corrected chi connectivity index (χ1v) is 5.76. The van der Waals surface area contributed by atoms with Crippen molar-refractivity contribution < 1.29 is 4.79 Å². The highest BCUT2D eigenvalue weighted by Gasteiger charge is 2.30. The number of anilines is 1. The first kappa shape index (κ1) is 11.4. The number of aryl methyl sites for hydroxylation is 1. The van der Waals surface area contributed by atoms with Gasteiger partial charge in [-0.05, 0) is 43.1 Å². The third-order valence-electron chi connectivity index (χ3n) is 2.99. The first-order valence-electron chi connectivity index (χ1n) is 5.38. The van der Waals surface area contributed by atoms with E-state index < -0.39 is 0 Å². The van der Waals surface area contributed by atoms with Gasteiger partial charge in [0.15, 0.2) is 0 Å². The molecule has 1 fully saturated rings. The van der Waals surface area contributed by atoms with Crippen LogP contribution in [0.4, 0.5) is 5.69 Å². The Kier molecular flexibility index (Phi) is 3.17. The van der Waals surface area contributed by atoms with E-state index in [0.717, 1.165) is 17.8 Å². The van der Waals surface area contributed by atoms with E-state index in [-0.39, 0.29) is 11.8 Å². The van der Waals surface area contributed by atoms with Crippen molar-refractivity contribution in [1.82, 2.24) is 0 Å². The van der Waals surface area contributed by atoms with Gasteiger partial charge in [0.25, 0.3) is 0 Å². The summed E-state index contributed by atoms with van der Waals surface area (Å²) in [7, 11) is 0. The summed E-state index contributed by atoms with van der Waals surface area (Å²) in [5.74, 6) is 0.434. The fraction of sp³-hybridized carbons (Fsp3) is 0.417. The highest BCUT2D eigenvalue weighted by Crippen LogP contribution is 2.29. The molecule has 0 radical (unpaired) electrons. The van der Waals surface area contributed by atoms with Crippen molar-refractivity contribution in [2.24, 2.45) is 11.7 Å². The van der Waals surface area contributed by atoms with Crippen LogP contribution in [0.25, 0.3) is 0 Å². The Morgan fingerprint density at radius 1 is 1.56 bits per heavy atom. The first-order chi connectivity index (χ1) is 7.61. The predicted octanol–water partition coefficient (Wildman–Crippen LogP) is 1.96. The fourth-order valence-electron chi connectivity index (χ4n) is 2.09. The molecule has 1 unspecified atom stereocenters. The molecular weight excluding hydrogens is 224 g/mol. The monoisotopic (exact) mass is 238 g/mol. The summed E-state index contributed by atoms with van der Waals surface area (Å²) in [5, 5.41) is 0.697. The molecule has 2 N–H and O–H groups in total. The lowest BCUT2D eigenvalue weighted by Gasteiger charge is -2.19. The predicted molar refractivity (Wildman–Crippen MR) is 65.7 cm³/mol. The maximum Gasteiger partial charge on any atom is 0.227 e. The number of nitrogens with two attached hydrogens (primary N) is 1. The van der Waals surface area contributed by atoms with E-state index in [1.54, 1.807) is 0 Å². The molecule has 1 heterocycles. The third-order valence-corrected chi connectivity index (χ3v) is 3.22. The van der Waals surface area contributed by atoms with Gasteiger partial charge in [-0.3, -0.25) is 4.79 Å². The Hall–Kier alpha value is -1.06. The van der Waals surface area contributed by atoms with Crippen LogP contribution in [-0.2, 0) is 4.79 Å². The van der Waals surface area contributed by atoms with Crippen molar-refractivity contribution in [2.75, 3.05) is 18.0 Å². The van der Waals surface area contributed by atoms with Crippen molar-refractivity contribution in [2.45, 2.75) is 13.3 Å². The largest absolute Gasteiger partial charge is 0.330 e. The van der Waals surface area contributed by atoms with Gasteiger partial charge in [0, 0.05) is 23.7 Å². The molecule has 0 bridgehead atoms. The summed E-state index contributed by atoms with van der Waals surface area (Å²) in [6.07, 6.45) is 0.554. The molecule has 1 atom stereocenters. The zero-order chi connectivity index (χ0) is 11.7. The number of hydrogen-bond acceptors (Lipinski definition) is 2. The molecule has 0 aliphatic carbocycles. The highest BCUT2D eigenvalue weighted by molar-refractivity contribution is 6.30. The summed E-state index contributed by atoms with van der Waals surface area (Å²) in [6.45, 7) is 3.25. The number of halogens is 1. The van der Waals surface area contributed by atoms with Gasteiger partial charge in [-0.25, -0.2) is 0 Å². The van der Waals surface area contributed by atoms with Gasteiger partial charge in [-0.1, -0.05) is 11.6 Å². The molecule has 2 rings (SSSR count). The lowest BCUT2D eigenvalue weighted by molar-refractivity contribution is -0.117. The van der Waals surface area contributed by atoms with Gasteiger partial charge in [-0.2, -0.15) is 0 Å².